The van der Waals surface area contributed by atoms with Crippen molar-refractivity contribution in [1.29, 1.82) is 0 Å². The van der Waals surface area contributed by atoms with Crippen LogP contribution < -0.4 is 0 Å². The van der Waals surface area contributed by atoms with Gasteiger partial charge in [-0.05, 0) is 17.3 Å². The number of halogens is 16. The zero-order valence-electron chi connectivity index (χ0n) is 12.4. The molecule has 164 valence electrons. The zero-order valence-corrected chi connectivity index (χ0v) is 14.5. The molecular weight excluding hydrogens is 544 g/mol. The van der Waals surface area contributed by atoms with Gasteiger partial charge in [0.2, 0.25) is 0 Å². The molecule has 0 aromatic carbocycles. The molecule has 27 heavy (non-hydrogen) atoms. The molecule has 0 aromatic heterocycles. The van der Waals surface area contributed by atoms with Crippen LogP contribution in [0.3, 0.4) is 0 Å². The minimum atomic E-state index is -8.20. The summed E-state index contributed by atoms with van der Waals surface area (Å²) in [6.45, 7) is 0. The smallest absolute Gasteiger partial charge is 0.200 e. The molecule has 0 heterocycles. The quantitative estimate of drug-likeness (QED) is 0.126. The van der Waals surface area contributed by atoms with Crippen LogP contribution in [-0.2, 0) is 0 Å². The van der Waals surface area contributed by atoms with Gasteiger partial charge in [0.1, 0.15) is 0 Å². The minimum Gasteiger partial charge on any atom is -0.200 e. The maximum absolute atomic E-state index is 13.3. The van der Waals surface area contributed by atoms with Gasteiger partial charge in [-0.15, -0.1) is 0 Å². The molecule has 0 aromatic rings. The van der Waals surface area contributed by atoms with Crippen LogP contribution >= 0.6 is 22.6 Å². The Labute approximate surface area is 154 Å². The van der Waals surface area contributed by atoms with Crippen LogP contribution in [0.1, 0.15) is 19.3 Å². The van der Waals surface area contributed by atoms with Crippen molar-refractivity contribution in [2.45, 2.75) is 61.0 Å². The maximum atomic E-state index is 13.3. The molecule has 0 fully saturated rings. The van der Waals surface area contributed by atoms with Gasteiger partial charge in [0.15, 0.2) is 0 Å². The van der Waals surface area contributed by atoms with Crippen LogP contribution in [0.5, 0.6) is 0 Å². The van der Waals surface area contributed by atoms with Crippen molar-refractivity contribution in [3.63, 3.8) is 0 Å². The van der Waals surface area contributed by atoms with Crippen molar-refractivity contribution >= 4 is 22.6 Å². The first kappa shape index (κ1) is 26.7. The van der Waals surface area contributed by atoms with Crippen molar-refractivity contribution in [2.24, 2.45) is 0 Å². The van der Waals surface area contributed by atoms with Crippen LogP contribution in [0.15, 0.2) is 0 Å². The van der Waals surface area contributed by atoms with Gasteiger partial charge in [0, 0.05) is 6.42 Å². The predicted octanol–water partition coefficient (Wildman–Crippen LogP) is 6.97. The highest BCUT2D eigenvalue weighted by molar-refractivity contribution is 14.1. The van der Waals surface area contributed by atoms with Crippen molar-refractivity contribution in [2.75, 3.05) is 4.43 Å². The van der Waals surface area contributed by atoms with E-state index in [2.05, 4.69) is 0 Å². The highest BCUT2D eigenvalue weighted by Gasteiger charge is 2.93. The molecule has 0 rings (SSSR count). The Morgan fingerprint density at radius 2 is 0.778 bits per heavy atom. The number of unbranched alkanes of at least 4 members (excludes halogenated alkanes) is 1. The van der Waals surface area contributed by atoms with Crippen molar-refractivity contribution in [3.05, 3.63) is 0 Å². The first-order chi connectivity index (χ1) is 11.6. The van der Waals surface area contributed by atoms with E-state index in [0.717, 1.165) is 0 Å². The van der Waals surface area contributed by atoms with Gasteiger partial charge in [-0.2, -0.15) is 65.9 Å². The summed E-state index contributed by atoms with van der Waals surface area (Å²) >= 11 is 1.53. The molecule has 16 heteroatoms. The van der Waals surface area contributed by atoms with Gasteiger partial charge in [-0.1, -0.05) is 22.6 Å². The number of hydrogen-bond donors (Lipinski definition) is 0. The molecule has 0 nitrogen and oxygen atoms in total. The molecule has 0 unspecified atom stereocenters. The summed E-state index contributed by atoms with van der Waals surface area (Å²) in [6.07, 6.45) is -11.1. The lowest BCUT2D eigenvalue weighted by Gasteiger charge is -2.41. The van der Waals surface area contributed by atoms with Crippen LogP contribution in [-0.4, -0.2) is 46.1 Å². The SMILES string of the molecule is FC(F)(F)C(F)(F)C(F)(F)C(F)(F)C(F)(F)C(F)(F)C(F)(F)CCCCI. The normalized spacial score (nSPS) is 16.0. The maximum Gasteiger partial charge on any atom is 0.460 e. The van der Waals surface area contributed by atoms with Gasteiger partial charge in [0.25, 0.3) is 0 Å². The lowest BCUT2D eigenvalue weighted by atomic mass is 9.89. The third-order valence-electron chi connectivity index (χ3n) is 3.27. The molecule has 0 atom stereocenters. The van der Waals surface area contributed by atoms with Crippen LogP contribution in [0.2, 0.25) is 0 Å². The van der Waals surface area contributed by atoms with Crippen LogP contribution in [0, 0.1) is 0 Å². The van der Waals surface area contributed by atoms with Crippen molar-refractivity contribution < 1.29 is 65.9 Å². The molecule has 0 aliphatic heterocycles. The molecule has 0 aliphatic carbocycles. The molecule has 0 amide bonds. The predicted molar refractivity (Wildman–Crippen MR) is 68.5 cm³/mol. The Balaban J connectivity index is 6.23. The number of rotatable bonds is 9. The molecular formula is C11H8F15I. The summed E-state index contributed by atoms with van der Waals surface area (Å²) in [5, 5.41) is 0. The molecule has 0 radical (unpaired) electrons. The fourth-order valence-electron chi connectivity index (χ4n) is 1.60. The average molecular weight is 552 g/mol. The summed E-state index contributed by atoms with van der Waals surface area (Å²) in [5.74, 6) is -45.8. The second-order valence-corrected chi connectivity index (χ2v) is 6.30. The number of hydrogen-bond acceptors (Lipinski definition) is 0. The zero-order chi connectivity index (χ0) is 22.3. The Morgan fingerprint density at radius 3 is 1.11 bits per heavy atom. The third kappa shape index (κ3) is 4.04. The largest absolute Gasteiger partial charge is 0.460 e. The lowest BCUT2D eigenvalue weighted by Crippen LogP contribution is -2.72. The number of alkyl halides is 16. The first-order valence-corrected chi connectivity index (χ1v) is 7.98. The van der Waals surface area contributed by atoms with E-state index in [1.54, 1.807) is 0 Å². The fraction of sp³-hybridized carbons (Fsp3) is 1.00. The van der Waals surface area contributed by atoms with E-state index >= 15 is 0 Å². The first-order valence-electron chi connectivity index (χ1n) is 6.46. The van der Waals surface area contributed by atoms with E-state index < -0.39 is 54.6 Å². The topological polar surface area (TPSA) is 0 Å². The fourth-order valence-corrected chi connectivity index (χ4v) is 2.14. The molecule has 0 N–H and O–H groups in total. The molecule has 0 bridgehead atoms. The van der Waals surface area contributed by atoms with E-state index in [1.165, 1.54) is 22.6 Å². The van der Waals surface area contributed by atoms with Gasteiger partial charge in [0.05, 0.1) is 0 Å². The van der Waals surface area contributed by atoms with Gasteiger partial charge < -0.3 is 0 Å². The second-order valence-electron chi connectivity index (χ2n) is 5.22. The molecule has 0 saturated heterocycles. The summed E-state index contributed by atoms with van der Waals surface area (Å²) in [7, 11) is 0. The van der Waals surface area contributed by atoms with E-state index in [-0.39, 0.29) is 10.8 Å². The Hall–Kier alpha value is -0.320. The van der Waals surface area contributed by atoms with E-state index in [1.807, 2.05) is 0 Å². The van der Waals surface area contributed by atoms with Crippen molar-refractivity contribution in [3.8, 4) is 0 Å². The monoisotopic (exact) mass is 552 g/mol. The van der Waals surface area contributed by atoms with Gasteiger partial charge >= 0.3 is 41.7 Å². The summed E-state index contributed by atoms with van der Waals surface area (Å²) < 4.78 is 192. The van der Waals surface area contributed by atoms with Gasteiger partial charge in [-0.3, -0.25) is 0 Å². The Bertz CT molecular complexity index is 506. The Kier molecular flexibility index (Phi) is 7.41. The average Bonchev–Trinajstić information content (AvgIpc) is 2.45. The third-order valence-corrected chi connectivity index (χ3v) is 4.03. The summed E-state index contributed by atoms with van der Waals surface area (Å²) in [6, 6.07) is 0. The highest BCUT2D eigenvalue weighted by Crippen LogP contribution is 2.62. The van der Waals surface area contributed by atoms with Crippen LogP contribution in [0.25, 0.3) is 0 Å². The van der Waals surface area contributed by atoms with Crippen molar-refractivity contribution in [1.82, 2.24) is 0 Å². The minimum absolute atomic E-state index is 0.0157. The second kappa shape index (κ2) is 7.50. The highest BCUT2D eigenvalue weighted by atomic mass is 127. The van der Waals surface area contributed by atoms with E-state index in [9.17, 15) is 65.9 Å². The van der Waals surface area contributed by atoms with E-state index in [4.69, 9.17) is 0 Å². The Morgan fingerprint density at radius 1 is 0.444 bits per heavy atom. The summed E-state index contributed by atoms with van der Waals surface area (Å²) in [5.41, 5.74) is 0. The lowest BCUT2D eigenvalue weighted by molar-refractivity contribution is -0.452. The standard InChI is InChI=1S/C11H8F15I/c12-5(13,3-1-2-4-27)6(14,15)7(16,17)8(18,19)9(20,21)10(22,23)11(24,25)26/h1-4H2. The molecule has 0 saturated carbocycles. The van der Waals surface area contributed by atoms with Gasteiger partial charge in [-0.25, -0.2) is 0 Å². The molecule has 0 spiro atoms. The van der Waals surface area contributed by atoms with E-state index in [0.29, 0.717) is 0 Å². The van der Waals surface area contributed by atoms with Crippen LogP contribution in [0.4, 0.5) is 65.9 Å². The summed E-state index contributed by atoms with van der Waals surface area (Å²) in [4.78, 5) is 0. The molecule has 0 aliphatic rings.